The number of carbonyl (C=O) groups excluding carboxylic acids is 1. The van der Waals surface area contributed by atoms with Crippen LogP contribution in [-0.2, 0) is 23.8 Å². The van der Waals surface area contributed by atoms with Crippen molar-refractivity contribution in [2.75, 3.05) is 20.8 Å². The number of hydrogen-bond acceptors (Lipinski definition) is 5. The molecule has 0 fully saturated rings. The molecule has 0 unspecified atom stereocenters. The molecule has 0 amide bonds. The van der Waals surface area contributed by atoms with Gasteiger partial charge in [-0.05, 0) is 20.8 Å². The fourth-order valence-electron chi connectivity index (χ4n) is 1.55. The molecule has 0 aromatic rings. The van der Waals surface area contributed by atoms with Crippen molar-refractivity contribution in [3.8, 4) is 0 Å². The van der Waals surface area contributed by atoms with Gasteiger partial charge < -0.3 is 19.3 Å². The number of methoxy groups -OCH3 is 2. The van der Waals surface area contributed by atoms with Crippen LogP contribution in [0.3, 0.4) is 0 Å². The second-order valence-electron chi connectivity index (χ2n) is 5.87. The Morgan fingerprint density at radius 1 is 1.15 bits per heavy atom. The summed E-state index contributed by atoms with van der Waals surface area (Å²) in [6.07, 6.45) is -0.173. The Hall–Kier alpha value is -1.14. The summed E-state index contributed by atoms with van der Waals surface area (Å²) in [6, 6.07) is 0. The van der Waals surface area contributed by atoms with E-state index in [4.69, 9.17) is 19.3 Å². The molecule has 0 spiro atoms. The van der Waals surface area contributed by atoms with Crippen molar-refractivity contribution in [2.45, 2.75) is 40.4 Å². The Bertz CT molecular complexity index is 316. The number of carbonyl (C=O) groups is 2. The third-order valence-electron chi connectivity index (χ3n) is 3.16. The highest BCUT2D eigenvalue weighted by Gasteiger charge is 2.30. The number of rotatable bonds is 8. The van der Waals surface area contributed by atoms with Crippen molar-refractivity contribution in [2.24, 2.45) is 17.3 Å². The van der Waals surface area contributed by atoms with Gasteiger partial charge >= 0.3 is 11.9 Å². The first-order valence-electron chi connectivity index (χ1n) is 6.59. The number of carboxylic acids is 1. The van der Waals surface area contributed by atoms with E-state index in [0.717, 1.165) is 0 Å². The Labute approximate surface area is 120 Å². The summed E-state index contributed by atoms with van der Waals surface area (Å²) in [4.78, 5) is 22.9. The predicted octanol–water partition coefficient (Wildman–Crippen LogP) is 1.92. The lowest BCUT2D eigenvalue weighted by molar-refractivity contribution is -0.162. The monoisotopic (exact) mass is 290 g/mol. The number of carboxylic acid groups (broad SMARTS) is 1. The van der Waals surface area contributed by atoms with Crippen LogP contribution in [0.1, 0.15) is 34.1 Å². The summed E-state index contributed by atoms with van der Waals surface area (Å²) in [5.74, 6) is -2.32. The van der Waals surface area contributed by atoms with Crippen LogP contribution in [0.4, 0.5) is 0 Å². The molecular formula is C14H26O6. The quantitative estimate of drug-likeness (QED) is 0.543. The van der Waals surface area contributed by atoms with Crippen LogP contribution in [0.15, 0.2) is 0 Å². The van der Waals surface area contributed by atoms with Gasteiger partial charge in [-0.15, -0.1) is 0 Å². The van der Waals surface area contributed by atoms with Gasteiger partial charge in [0, 0.05) is 26.6 Å². The summed E-state index contributed by atoms with van der Waals surface area (Å²) in [7, 11) is 2.97. The summed E-state index contributed by atoms with van der Waals surface area (Å²) < 4.78 is 15.4. The maximum absolute atomic E-state index is 11.8. The molecule has 20 heavy (non-hydrogen) atoms. The maximum atomic E-state index is 11.8. The van der Waals surface area contributed by atoms with Crippen LogP contribution in [0.5, 0.6) is 0 Å². The Morgan fingerprint density at radius 2 is 1.65 bits per heavy atom. The molecule has 0 rings (SSSR count). The highest BCUT2D eigenvalue weighted by Crippen LogP contribution is 2.22. The zero-order chi connectivity index (χ0) is 15.9. The van der Waals surface area contributed by atoms with Crippen LogP contribution in [0, 0.1) is 17.3 Å². The number of hydrogen-bond donors (Lipinski definition) is 1. The van der Waals surface area contributed by atoms with Crippen LogP contribution < -0.4 is 0 Å². The summed E-state index contributed by atoms with van der Waals surface area (Å²) in [5, 5.41) is 9.11. The normalized spacial score (nSPS) is 14.9. The molecule has 6 nitrogen and oxygen atoms in total. The molecule has 0 aromatic heterocycles. The largest absolute Gasteiger partial charge is 0.481 e. The Kier molecular flexibility index (Phi) is 7.75. The Balaban J connectivity index is 4.70. The van der Waals surface area contributed by atoms with Gasteiger partial charge in [0.05, 0.1) is 17.9 Å². The molecule has 2 atom stereocenters. The average Bonchev–Trinajstić information content (AvgIpc) is 2.36. The lowest BCUT2D eigenvalue weighted by atomic mass is 9.91. The van der Waals surface area contributed by atoms with Crippen molar-refractivity contribution in [1.29, 1.82) is 0 Å². The number of esters is 1. The van der Waals surface area contributed by atoms with E-state index >= 15 is 0 Å². The van der Waals surface area contributed by atoms with E-state index in [9.17, 15) is 9.59 Å². The smallest absolute Gasteiger partial charge is 0.311 e. The van der Waals surface area contributed by atoms with E-state index in [-0.39, 0.29) is 18.5 Å². The zero-order valence-corrected chi connectivity index (χ0v) is 13.1. The van der Waals surface area contributed by atoms with Crippen molar-refractivity contribution in [3.63, 3.8) is 0 Å². The Morgan fingerprint density at radius 3 is 2.00 bits per heavy atom. The molecule has 0 aliphatic heterocycles. The lowest BCUT2D eigenvalue weighted by Crippen LogP contribution is -2.32. The van der Waals surface area contributed by atoms with E-state index in [1.165, 1.54) is 14.2 Å². The minimum Gasteiger partial charge on any atom is -0.481 e. The van der Waals surface area contributed by atoms with Crippen molar-refractivity contribution in [1.82, 2.24) is 0 Å². The minimum atomic E-state index is -0.937. The molecule has 0 saturated carbocycles. The average molecular weight is 290 g/mol. The van der Waals surface area contributed by atoms with E-state index in [1.807, 2.05) is 0 Å². The highest BCUT2D eigenvalue weighted by atomic mass is 16.7. The molecule has 6 heteroatoms. The first-order chi connectivity index (χ1) is 9.13. The van der Waals surface area contributed by atoms with E-state index < -0.39 is 23.6 Å². The topological polar surface area (TPSA) is 82.1 Å². The first-order valence-corrected chi connectivity index (χ1v) is 6.59. The van der Waals surface area contributed by atoms with Gasteiger partial charge in [0.25, 0.3) is 0 Å². The van der Waals surface area contributed by atoms with E-state index in [0.29, 0.717) is 6.42 Å². The van der Waals surface area contributed by atoms with Crippen molar-refractivity contribution >= 4 is 11.9 Å². The van der Waals surface area contributed by atoms with Gasteiger partial charge in [-0.3, -0.25) is 9.59 Å². The van der Waals surface area contributed by atoms with Gasteiger partial charge in [0.15, 0.2) is 6.29 Å². The van der Waals surface area contributed by atoms with Crippen molar-refractivity contribution < 1.29 is 28.9 Å². The predicted molar refractivity (Wildman–Crippen MR) is 73.1 cm³/mol. The lowest BCUT2D eigenvalue weighted by Gasteiger charge is -2.26. The molecule has 118 valence electrons. The van der Waals surface area contributed by atoms with E-state index in [1.54, 1.807) is 27.7 Å². The van der Waals surface area contributed by atoms with Gasteiger partial charge in [-0.25, -0.2) is 0 Å². The summed E-state index contributed by atoms with van der Waals surface area (Å²) in [5.41, 5.74) is -0.612. The fraction of sp³-hybridized carbons (Fsp3) is 0.857. The SMILES string of the molecule is COC(C[C@H](COC(=O)C(C)(C)C)[C@@H](C)C(=O)O)OC. The van der Waals surface area contributed by atoms with E-state index in [2.05, 4.69) is 0 Å². The molecule has 0 heterocycles. The highest BCUT2D eigenvalue weighted by molar-refractivity contribution is 5.75. The molecular weight excluding hydrogens is 264 g/mol. The molecule has 0 radical (unpaired) electrons. The summed E-state index contributed by atoms with van der Waals surface area (Å²) >= 11 is 0. The molecule has 0 saturated heterocycles. The van der Waals surface area contributed by atoms with Crippen LogP contribution in [0.25, 0.3) is 0 Å². The van der Waals surface area contributed by atoms with Crippen molar-refractivity contribution in [3.05, 3.63) is 0 Å². The van der Waals surface area contributed by atoms with Crippen LogP contribution in [0.2, 0.25) is 0 Å². The van der Waals surface area contributed by atoms with Gasteiger partial charge in [0.2, 0.25) is 0 Å². The fourth-order valence-corrected chi connectivity index (χ4v) is 1.55. The first kappa shape index (κ1) is 18.9. The maximum Gasteiger partial charge on any atom is 0.311 e. The molecule has 0 bridgehead atoms. The number of aliphatic carboxylic acids is 1. The second kappa shape index (κ2) is 8.21. The number of ether oxygens (including phenoxy) is 3. The second-order valence-corrected chi connectivity index (χ2v) is 5.87. The van der Waals surface area contributed by atoms with Crippen LogP contribution >= 0.6 is 0 Å². The van der Waals surface area contributed by atoms with Gasteiger partial charge in [0.1, 0.15) is 0 Å². The molecule has 1 N–H and O–H groups in total. The summed E-state index contributed by atoms with van der Waals surface area (Å²) in [6.45, 7) is 6.86. The molecule has 0 aliphatic rings. The van der Waals surface area contributed by atoms with Gasteiger partial charge in [-0.1, -0.05) is 6.92 Å². The minimum absolute atomic E-state index is 0.0345. The molecule has 0 aromatic carbocycles. The zero-order valence-electron chi connectivity index (χ0n) is 13.1. The van der Waals surface area contributed by atoms with Gasteiger partial charge in [-0.2, -0.15) is 0 Å². The van der Waals surface area contributed by atoms with Crippen LogP contribution in [-0.4, -0.2) is 44.2 Å². The third kappa shape index (κ3) is 6.34. The standard InChI is InChI=1S/C14H26O6/c1-9(12(15)16)10(7-11(18-5)19-6)8-20-13(17)14(2,3)4/h9-11H,7-8H2,1-6H3,(H,15,16)/t9-,10-/m1/s1. The third-order valence-corrected chi connectivity index (χ3v) is 3.16. The molecule has 0 aliphatic carbocycles.